The zero-order valence-corrected chi connectivity index (χ0v) is 6.18. The highest BCUT2D eigenvalue weighted by molar-refractivity contribution is 5.91. The number of hydrogen-bond acceptors (Lipinski definition) is 5. The van der Waals surface area contributed by atoms with Crippen molar-refractivity contribution in [1.82, 2.24) is 15.0 Å². The van der Waals surface area contributed by atoms with Crippen LogP contribution in [-0.2, 0) is 0 Å². The Bertz CT molecular complexity index is 307. The number of hydrogen-bond donors (Lipinski definition) is 1. The lowest BCUT2D eigenvalue weighted by Crippen LogP contribution is -2.10. The third-order valence-corrected chi connectivity index (χ3v) is 1.08. The fourth-order valence-electron chi connectivity index (χ4n) is 0.569. The molecule has 0 aliphatic rings. The Morgan fingerprint density at radius 1 is 1.33 bits per heavy atom. The molecular formula is C6H5N3O3. The molecule has 1 rings (SSSR count). The summed E-state index contributed by atoms with van der Waals surface area (Å²) in [7, 11) is 0. The molecule has 1 N–H and O–H groups in total. The Balaban J connectivity index is 3.12. The zero-order valence-electron chi connectivity index (χ0n) is 6.18. The van der Waals surface area contributed by atoms with Crippen molar-refractivity contribution >= 4 is 11.8 Å². The van der Waals surface area contributed by atoms with Gasteiger partial charge in [0.25, 0.3) is 0 Å². The molecular weight excluding hydrogens is 162 g/mol. The normalized spacial score (nSPS) is 9.42. The molecule has 0 bridgehead atoms. The van der Waals surface area contributed by atoms with Crippen LogP contribution in [0.5, 0.6) is 0 Å². The van der Waals surface area contributed by atoms with E-state index in [0.29, 0.717) is 0 Å². The lowest BCUT2D eigenvalue weighted by Gasteiger charge is -1.93. The van der Waals surface area contributed by atoms with E-state index >= 15 is 0 Å². The minimum Gasteiger partial charge on any atom is -0.475 e. The van der Waals surface area contributed by atoms with Crippen molar-refractivity contribution < 1.29 is 14.7 Å². The van der Waals surface area contributed by atoms with Crippen LogP contribution >= 0.6 is 0 Å². The highest BCUT2D eigenvalue weighted by atomic mass is 16.4. The molecule has 0 amide bonds. The number of carbonyl (C=O) groups is 2. The summed E-state index contributed by atoms with van der Waals surface area (Å²) in [6.45, 7) is 1.25. The third-order valence-electron chi connectivity index (χ3n) is 1.08. The van der Waals surface area contributed by atoms with Crippen molar-refractivity contribution in [1.29, 1.82) is 0 Å². The van der Waals surface area contributed by atoms with Gasteiger partial charge in [0.2, 0.25) is 5.82 Å². The summed E-state index contributed by atoms with van der Waals surface area (Å²) in [6.07, 6.45) is 0.993. The number of carboxylic acid groups (broad SMARTS) is 1. The Morgan fingerprint density at radius 2 is 1.92 bits per heavy atom. The number of rotatable bonds is 2. The molecule has 0 spiro atoms. The van der Waals surface area contributed by atoms with Gasteiger partial charge in [0.05, 0.1) is 0 Å². The van der Waals surface area contributed by atoms with E-state index in [1.807, 2.05) is 0 Å². The summed E-state index contributed by atoms with van der Waals surface area (Å²) in [5.41, 5.74) is 0. The zero-order chi connectivity index (χ0) is 9.14. The van der Waals surface area contributed by atoms with Gasteiger partial charge in [-0.1, -0.05) is 0 Å². The van der Waals surface area contributed by atoms with E-state index in [1.54, 1.807) is 0 Å². The number of carbonyl (C=O) groups excluding carboxylic acids is 1. The Labute approximate surface area is 67.3 Å². The van der Waals surface area contributed by atoms with E-state index in [-0.39, 0.29) is 11.6 Å². The molecule has 0 aromatic carbocycles. The number of ketones is 1. The topological polar surface area (TPSA) is 93.0 Å². The molecule has 0 saturated carbocycles. The molecule has 6 nitrogen and oxygen atoms in total. The van der Waals surface area contributed by atoms with Crippen LogP contribution in [0.4, 0.5) is 0 Å². The fourth-order valence-corrected chi connectivity index (χ4v) is 0.569. The average molecular weight is 167 g/mol. The van der Waals surface area contributed by atoms with Crippen LogP contribution in [0.2, 0.25) is 0 Å². The Kier molecular flexibility index (Phi) is 2.09. The predicted octanol–water partition coefficient (Wildman–Crippen LogP) is -0.228. The van der Waals surface area contributed by atoms with Crippen LogP contribution < -0.4 is 0 Å². The van der Waals surface area contributed by atoms with Crippen molar-refractivity contribution in [2.24, 2.45) is 0 Å². The molecule has 0 radical (unpaired) electrons. The first kappa shape index (κ1) is 8.25. The molecule has 1 aromatic heterocycles. The van der Waals surface area contributed by atoms with Crippen molar-refractivity contribution in [3.63, 3.8) is 0 Å². The van der Waals surface area contributed by atoms with E-state index in [9.17, 15) is 9.59 Å². The maximum atomic E-state index is 10.7. The van der Waals surface area contributed by atoms with Gasteiger partial charge < -0.3 is 5.11 Å². The monoisotopic (exact) mass is 167 g/mol. The van der Waals surface area contributed by atoms with E-state index in [4.69, 9.17) is 5.11 Å². The molecule has 0 aliphatic heterocycles. The quantitative estimate of drug-likeness (QED) is 0.611. The number of aromatic carboxylic acids is 1. The molecule has 0 saturated heterocycles. The van der Waals surface area contributed by atoms with E-state index < -0.39 is 11.8 Å². The first-order valence-corrected chi connectivity index (χ1v) is 3.04. The minimum atomic E-state index is -1.28. The highest BCUT2D eigenvalue weighted by Gasteiger charge is 2.09. The Hall–Kier alpha value is -1.85. The van der Waals surface area contributed by atoms with Crippen LogP contribution in [-0.4, -0.2) is 31.8 Å². The van der Waals surface area contributed by atoms with Gasteiger partial charge in [-0.05, 0) is 0 Å². The van der Waals surface area contributed by atoms with Gasteiger partial charge in [-0.3, -0.25) is 4.79 Å². The van der Waals surface area contributed by atoms with Gasteiger partial charge in [0.15, 0.2) is 11.6 Å². The maximum Gasteiger partial charge on any atom is 0.374 e. The van der Waals surface area contributed by atoms with Gasteiger partial charge >= 0.3 is 5.97 Å². The molecule has 6 heteroatoms. The number of Topliss-reactive ketones (excluding diaryl/α,β-unsaturated/α-hetero) is 1. The van der Waals surface area contributed by atoms with Crippen LogP contribution in [0.1, 0.15) is 28.2 Å². The maximum absolute atomic E-state index is 10.7. The molecule has 0 unspecified atom stereocenters. The lowest BCUT2D eigenvalue weighted by atomic mass is 10.4. The van der Waals surface area contributed by atoms with E-state index in [2.05, 4.69) is 15.0 Å². The summed E-state index contributed by atoms with van der Waals surface area (Å²) in [6, 6.07) is 0. The standard InChI is InChI=1S/C6H5N3O3/c1-3(10)4-7-2-8-5(9-4)6(11)12/h2H,1H3,(H,11,12). The largest absolute Gasteiger partial charge is 0.475 e. The van der Waals surface area contributed by atoms with Crippen molar-refractivity contribution in [3.8, 4) is 0 Å². The second-order valence-corrected chi connectivity index (χ2v) is 1.99. The van der Waals surface area contributed by atoms with Crippen LogP contribution in [0, 0.1) is 0 Å². The number of carboxylic acids is 1. The van der Waals surface area contributed by atoms with Gasteiger partial charge in [-0.2, -0.15) is 4.98 Å². The highest BCUT2D eigenvalue weighted by Crippen LogP contribution is 1.91. The van der Waals surface area contributed by atoms with E-state index in [0.717, 1.165) is 6.33 Å². The second kappa shape index (κ2) is 3.04. The second-order valence-electron chi connectivity index (χ2n) is 1.99. The molecule has 0 aliphatic carbocycles. The van der Waals surface area contributed by atoms with Gasteiger partial charge in [-0.25, -0.2) is 14.8 Å². The molecule has 1 heterocycles. The van der Waals surface area contributed by atoms with E-state index in [1.165, 1.54) is 6.92 Å². The summed E-state index contributed by atoms with van der Waals surface area (Å²) in [4.78, 5) is 31.2. The summed E-state index contributed by atoms with van der Waals surface area (Å²) in [5, 5.41) is 8.43. The number of nitrogens with zero attached hydrogens (tertiary/aromatic N) is 3. The smallest absolute Gasteiger partial charge is 0.374 e. The predicted molar refractivity (Wildman–Crippen MR) is 36.8 cm³/mol. The molecule has 0 fully saturated rings. The first-order valence-electron chi connectivity index (χ1n) is 3.04. The van der Waals surface area contributed by atoms with Crippen molar-refractivity contribution in [2.75, 3.05) is 0 Å². The number of aromatic nitrogens is 3. The SMILES string of the molecule is CC(=O)c1ncnc(C(=O)O)n1. The van der Waals surface area contributed by atoms with Gasteiger partial charge in [0.1, 0.15) is 6.33 Å². The van der Waals surface area contributed by atoms with Crippen molar-refractivity contribution in [2.45, 2.75) is 6.92 Å². The Morgan fingerprint density at radius 3 is 2.42 bits per heavy atom. The van der Waals surface area contributed by atoms with Crippen LogP contribution in [0.3, 0.4) is 0 Å². The minimum absolute atomic E-state index is 0.137. The van der Waals surface area contributed by atoms with Gasteiger partial charge in [-0.15, -0.1) is 0 Å². The molecule has 1 aromatic rings. The molecule has 62 valence electrons. The average Bonchev–Trinajstić information content (AvgIpc) is 2.04. The summed E-state index contributed by atoms with van der Waals surface area (Å²) < 4.78 is 0. The third kappa shape index (κ3) is 1.60. The molecule has 0 atom stereocenters. The van der Waals surface area contributed by atoms with Crippen LogP contribution in [0.15, 0.2) is 6.33 Å². The van der Waals surface area contributed by atoms with Crippen LogP contribution in [0.25, 0.3) is 0 Å². The summed E-state index contributed by atoms with van der Waals surface area (Å²) >= 11 is 0. The van der Waals surface area contributed by atoms with Crippen molar-refractivity contribution in [3.05, 3.63) is 18.0 Å². The summed E-state index contributed by atoms with van der Waals surface area (Å²) in [5.74, 6) is -2.22. The van der Waals surface area contributed by atoms with Gasteiger partial charge in [0, 0.05) is 6.92 Å². The first-order chi connectivity index (χ1) is 5.61. The molecule has 12 heavy (non-hydrogen) atoms. The fraction of sp³-hybridized carbons (Fsp3) is 0.167. The lowest BCUT2D eigenvalue weighted by molar-refractivity contribution is 0.0683.